The van der Waals surface area contributed by atoms with Gasteiger partial charge >= 0.3 is 0 Å². The zero-order chi connectivity index (χ0) is 8.81. The molecule has 0 nitrogen and oxygen atoms in total. The molecule has 0 unspecified atom stereocenters. The van der Waals surface area contributed by atoms with Crippen LogP contribution in [0.3, 0.4) is 0 Å². The highest BCUT2D eigenvalue weighted by atomic mass is 79.9. The molecule has 1 aromatic heterocycles. The quantitative estimate of drug-likeness (QED) is 0.543. The van der Waals surface area contributed by atoms with Crippen molar-refractivity contribution >= 4 is 27.3 Å². The van der Waals surface area contributed by atoms with E-state index in [9.17, 15) is 0 Å². The Bertz CT molecular complexity index is 290. The number of rotatable bonds is 2. The molecule has 0 N–H and O–H groups in total. The van der Waals surface area contributed by atoms with Crippen LogP contribution in [0.25, 0.3) is 0 Å². The Morgan fingerprint density at radius 1 is 1.58 bits per heavy atom. The van der Waals surface area contributed by atoms with Crippen LogP contribution in [0.5, 0.6) is 0 Å². The van der Waals surface area contributed by atoms with E-state index >= 15 is 0 Å². The Morgan fingerprint density at radius 2 is 2.42 bits per heavy atom. The zero-order valence-electron chi connectivity index (χ0n) is 7.06. The lowest BCUT2D eigenvalue weighted by Gasteiger charge is -1.84. The fraction of sp³-hybridized carbons (Fsp3) is 0.400. The number of unbranched alkanes of at least 4 members (excludes halogenated alkanes) is 2. The first-order chi connectivity index (χ1) is 5.84. The van der Waals surface area contributed by atoms with Crippen LogP contribution < -0.4 is 0 Å². The molecule has 0 saturated heterocycles. The van der Waals surface area contributed by atoms with Gasteiger partial charge in [-0.15, -0.1) is 11.3 Å². The third kappa shape index (κ3) is 3.00. The SMILES string of the molecule is CCCCC#Cc1ccsc1Br. The lowest BCUT2D eigenvalue weighted by atomic mass is 10.2. The number of halogens is 1. The Kier molecular flexibility index (Phi) is 4.42. The summed E-state index contributed by atoms with van der Waals surface area (Å²) < 4.78 is 1.14. The largest absolute Gasteiger partial charge is 0.135 e. The number of hydrogen-bond donors (Lipinski definition) is 0. The summed E-state index contributed by atoms with van der Waals surface area (Å²) in [6, 6.07) is 2.05. The van der Waals surface area contributed by atoms with Crippen LogP contribution in [0.15, 0.2) is 15.2 Å². The van der Waals surface area contributed by atoms with Crippen molar-refractivity contribution in [2.45, 2.75) is 26.2 Å². The minimum absolute atomic E-state index is 1.01. The summed E-state index contributed by atoms with van der Waals surface area (Å²) in [6.45, 7) is 2.18. The van der Waals surface area contributed by atoms with Crippen LogP contribution in [0.4, 0.5) is 0 Å². The predicted octanol–water partition coefficient (Wildman–Crippen LogP) is 4.05. The van der Waals surface area contributed by atoms with Gasteiger partial charge in [0.05, 0.1) is 3.79 Å². The fourth-order valence-corrected chi connectivity index (χ4v) is 1.93. The topological polar surface area (TPSA) is 0 Å². The molecule has 1 heterocycles. The van der Waals surface area contributed by atoms with Gasteiger partial charge in [-0.3, -0.25) is 0 Å². The third-order valence-electron chi connectivity index (χ3n) is 1.50. The van der Waals surface area contributed by atoms with Crippen LogP contribution in [-0.4, -0.2) is 0 Å². The van der Waals surface area contributed by atoms with Gasteiger partial charge in [0, 0.05) is 12.0 Å². The molecule has 0 bridgehead atoms. The summed E-state index contributed by atoms with van der Waals surface area (Å²) in [4.78, 5) is 0. The Hall–Kier alpha value is -0.260. The molecule has 0 radical (unpaired) electrons. The fourth-order valence-electron chi connectivity index (χ4n) is 0.804. The number of hydrogen-bond acceptors (Lipinski definition) is 1. The van der Waals surface area contributed by atoms with E-state index in [2.05, 4.69) is 34.7 Å². The monoisotopic (exact) mass is 242 g/mol. The molecule has 0 aliphatic heterocycles. The standard InChI is InChI=1S/C10H11BrS/c1-2-3-4-5-6-9-7-8-12-10(9)11/h7-8H,2-4H2,1H3. The lowest BCUT2D eigenvalue weighted by molar-refractivity contribution is 0.828. The average Bonchev–Trinajstić information content (AvgIpc) is 2.46. The smallest absolute Gasteiger partial charge is 0.0854 e. The van der Waals surface area contributed by atoms with E-state index in [4.69, 9.17) is 0 Å². The normalized spacial score (nSPS) is 9.17. The van der Waals surface area contributed by atoms with Gasteiger partial charge in [-0.05, 0) is 33.8 Å². The van der Waals surface area contributed by atoms with Crippen molar-refractivity contribution in [1.82, 2.24) is 0 Å². The first-order valence-electron chi connectivity index (χ1n) is 4.06. The summed E-state index contributed by atoms with van der Waals surface area (Å²) in [5.74, 6) is 6.30. The molecule has 12 heavy (non-hydrogen) atoms. The minimum atomic E-state index is 1.01. The second-order valence-corrected chi connectivity index (χ2v) is 4.75. The lowest BCUT2D eigenvalue weighted by Crippen LogP contribution is -1.69. The van der Waals surface area contributed by atoms with Gasteiger partial charge in [0.1, 0.15) is 0 Å². The first kappa shape index (κ1) is 9.83. The van der Waals surface area contributed by atoms with Crippen LogP contribution in [-0.2, 0) is 0 Å². The molecule has 0 amide bonds. The average molecular weight is 243 g/mol. The highest BCUT2D eigenvalue weighted by molar-refractivity contribution is 9.11. The molecular weight excluding hydrogens is 232 g/mol. The third-order valence-corrected chi connectivity index (χ3v) is 3.18. The Morgan fingerprint density at radius 3 is 3.00 bits per heavy atom. The van der Waals surface area contributed by atoms with E-state index in [1.165, 1.54) is 12.8 Å². The maximum Gasteiger partial charge on any atom is 0.0854 e. The predicted molar refractivity (Wildman–Crippen MR) is 58.4 cm³/mol. The maximum atomic E-state index is 3.45. The summed E-state index contributed by atoms with van der Waals surface area (Å²) >= 11 is 5.13. The van der Waals surface area contributed by atoms with Crippen molar-refractivity contribution in [3.63, 3.8) is 0 Å². The molecule has 1 aromatic rings. The highest BCUT2D eigenvalue weighted by Crippen LogP contribution is 2.22. The van der Waals surface area contributed by atoms with Crippen molar-refractivity contribution in [2.75, 3.05) is 0 Å². The van der Waals surface area contributed by atoms with E-state index in [0.717, 1.165) is 15.8 Å². The number of thiophene rings is 1. The molecule has 0 saturated carbocycles. The molecule has 0 spiro atoms. The van der Waals surface area contributed by atoms with Gasteiger partial charge in [-0.2, -0.15) is 0 Å². The second kappa shape index (κ2) is 5.40. The molecule has 1 rings (SSSR count). The van der Waals surface area contributed by atoms with Crippen LogP contribution >= 0.6 is 27.3 Å². The summed E-state index contributed by atoms with van der Waals surface area (Å²) in [5, 5.41) is 2.05. The van der Waals surface area contributed by atoms with Crippen molar-refractivity contribution in [3.05, 3.63) is 20.8 Å². The zero-order valence-corrected chi connectivity index (χ0v) is 9.46. The molecule has 0 aliphatic rings. The summed E-state index contributed by atoms with van der Waals surface area (Å²) in [7, 11) is 0. The van der Waals surface area contributed by atoms with Crippen LogP contribution in [0, 0.1) is 11.8 Å². The molecule has 2 heteroatoms. The van der Waals surface area contributed by atoms with Crippen molar-refractivity contribution in [3.8, 4) is 11.8 Å². The first-order valence-corrected chi connectivity index (χ1v) is 5.73. The van der Waals surface area contributed by atoms with Crippen molar-refractivity contribution < 1.29 is 0 Å². The van der Waals surface area contributed by atoms with Gasteiger partial charge in [0.2, 0.25) is 0 Å². The minimum Gasteiger partial charge on any atom is -0.135 e. The Balaban J connectivity index is 2.49. The van der Waals surface area contributed by atoms with Crippen molar-refractivity contribution in [2.24, 2.45) is 0 Å². The van der Waals surface area contributed by atoms with Crippen LogP contribution in [0.2, 0.25) is 0 Å². The van der Waals surface area contributed by atoms with E-state index < -0.39 is 0 Å². The van der Waals surface area contributed by atoms with E-state index in [0.29, 0.717) is 0 Å². The molecule has 0 atom stereocenters. The molecule has 0 aromatic carbocycles. The molecule has 0 aliphatic carbocycles. The Labute approximate surface area is 86.1 Å². The molecular formula is C10H11BrS. The molecule has 64 valence electrons. The van der Waals surface area contributed by atoms with Crippen molar-refractivity contribution in [1.29, 1.82) is 0 Å². The van der Waals surface area contributed by atoms with Crippen LogP contribution in [0.1, 0.15) is 31.7 Å². The van der Waals surface area contributed by atoms with Gasteiger partial charge in [-0.1, -0.05) is 25.2 Å². The van der Waals surface area contributed by atoms with E-state index in [-0.39, 0.29) is 0 Å². The van der Waals surface area contributed by atoms with E-state index in [1.807, 2.05) is 11.4 Å². The summed E-state index contributed by atoms with van der Waals surface area (Å²) in [6.07, 6.45) is 3.44. The molecule has 0 fully saturated rings. The van der Waals surface area contributed by atoms with Gasteiger partial charge in [-0.25, -0.2) is 0 Å². The highest BCUT2D eigenvalue weighted by Gasteiger charge is 1.94. The van der Waals surface area contributed by atoms with Gasteiger partial charge < -0.3 is 0 Å². The summed E-state index contributed by atoms with van der Waals surface area (Å²) in [5.41, 5.74) is 1.12. The maximum absolute atomic E-state index is 3.45. The van der Waals surface area contributed by atoms with E-state index in [1.54, 1.807) is 11.3 Å². The second-order valence-electron chi connectivity index (χ2n) is 2.51. The van der Waals surface area contributed by atoms with Gasteiger partial charge in [0.15, 0.2) is 0 Å². The van der Waals surface area contributed by atoms with Gasteiger partial charge in [0.25, 0.3) is 0 Å².